The topological polar surface area (TPSA) is 21.3 Å². The average molecular weight is 253 g/mol. The molecule has 2 heterocycles. The molecule has 3 heteroatoms. The van der Waals surface area contributed by atoms with Gasteiger partial charge in [-0.25, -0.2) is 0 Å². The maximum atomic E-state index is 5.73. The molecule has 2 rings (SSSR count). The van der Waals surface area contributed by atoms with Crippen LogP contribution in [-0.2, 0) is 4.74 Å². The predicted octanol–water partition coefficient (Wildman–Crippen LogP) is 3.67. The molecule has 0 bridgehead atoms. The molecule has 1 aromatic rings. The van der Waals surface area contributed by atoms with Crippen LogP contribution in [0.4, 0.5) is 0 Å². The summed E-state index contributed by atoms with van der Waals surface area (Å²) < 4.78 is 5.73. The second kappa shape index (κ2) is 6.53. The minimum atomic E-state index is 0.470. The number of hydrogen-bond acceptors (Lipinski definition) is 3. The van der Waals surface area contributed by atoms with Gasteiger partial charge in [0.2, 0.25) is 0 Å². The van der Waals surface area contributed by atoms with Crippen LogP contribution in [0.25, 0.3) is 0 Å². The second-order valence-electron chi connectivity index (χ2n) is 4.90. The lowest BCUT2D eigenvalue weighted by molar-refractivity contribution is 0.0113. The Labute approximate surface area is 108 Å². The third kappa shape index (κ3) is 4.09. The molecule has 1 aromatic heterocycles. The van der Waals surface area contributed by atoms with Crippen molar-refractivity contribution in [2.24, 2.45) is 0 Å². The van der Waals surface area contributed by atoms with Gasteiger partial charge in [0.1, 0.15) is 0 Å². The van der Waals surface area contributed by atoms with E-state index in [1.54, 1.807) is 0 Å². The van der Waals surface area contributed by atoms with Crippen LogP contribution in [0.1, 0.15) is 48.4 Å². The molecule has 2 nitrogen and oxygen atoms in total. The summed E-state index contributed by atoms with van der Waals surface area (Å²) in [6.45, 7) is 6.43. The highest BCUT2D eigenvalue weighted by atomic mass is 32.1. The van der Waals surface area contributed by atoms with Crippen LogP contribution in [0.15, 0.2) is 12.1 Å². The van der Waals surface area contributed by atoms with E-state index in [1.165, 1.54) is 29.0 Å². The van der Waals surface area contributed by atoms with E-state index in [9.17, 15) is 0 Å². The van der Waals surface area contributed by atoms with Gasteiger partial charge in [0.25, 0.3) is 0 Å². The quantitative estimate of drug-likeness (QED) is 0.864. The van der Waals surface area contributed by atoms with Crippen molar-refractivity contribution < 1.29 is 4.74 Å². The highest BCUT2D eigenvalue weighted by Gasteiger charge is 2.14. The molecule has 17 heavy (non-hydrogen) atoms. The molecule has 2 atom stereocenters. The Balaban J connectivity index is 1.67. The second-order valence-corrected chi connectivity index (χ2v) is 6.22. The van der Waals surface area contributed by atoms with Gasteiger partial charge >= 0.3 is 0 Å². The Morgan fingerprint density at radius 3 is 3.00 bits per heavy atom. The first-order valence-electron chi connectivity index (χ1n) is 6.67. The lowest BCUT2D eigenvalue weighted by atomic mass is 10.1. The van der Waals surface area contributed by atoms with Crippen LogP contribution in [-0.4, -0.2) is 19.3 Å². The zero-order valence-electron chi connectivity index (χ0n) is 10.9. The molecule has 0 radical (unpaired) electrons. The molecular formula is C14H23NOS. The van der Waals surface area contributed by atoms with Gasteiger partial charge in [0.15, 0.2) is 0 Å². The highest BCUT2D eigenvalue weighted by molar-refractivity contribution is 7.12. The summed E-state index contributed by atoms with van der Waals surface area (Å²) in [6, 6.07) is 4.90. The molecule has 0 aromatic carbocycles. The van der Waals surface area contributed by atoms with Crippen LogP contribution >= 0.6 is 11.3 Å². The van der Waals surface area contributed by atoms with E-state index >= 15 is 0 Å². The van der Waals surface area contributed by atoms with Gasteiger partial charge in [0.05, 0.1) is 6.10 Å². The molecule has 96 valence electrons. The van der Waals surface area contributed by atoms with Gasteiger partial charge in [-0.15, -0.1) is 11.3 Å². The molecule has 0 spiro atoms. The largest absolute Gasteiger partial charge is 0.378 e. The van der Waals surface area contributed by atoms with Crippen LogP contribution in [0, 0.1) is 6.92 Å². The number of hydrogen-bond donors (Lipinski definition) is 1. The van der Waals surface area contributed by atoms with Crippen LogP contribution in [0.3, 0.4) is 0 Å². The summed E-state index contributed by atoms with van der Waals surface area (Å²) in [5.74, 6) is 0. The molecule has 2 unspecified atom stereocenters. The lowest BCUT2D eigenvalue weighted by Gasteiger charge is -2.23. The summed E-state index contributed by atoms with van der Waals surface area (Å²) in [5, 5.41) is 3.59. The van der Waals surface area contributed by atoms with Gasteiger partial charge < -0.3 is 10.1 Å². The van der Waals surface area contributed by atoms with Crippen molar-refractivity contribution in [1.82, 2.24) is 5.32 Å². The standard InChI is InChI=1S/C14H23NOS/c1-11-6-7-14(17-11)12(2)15-9-8-13-5-3-4-10-16-13/h6-7,12-13,15H,3-5,8-10H2,1-2H3. The maximum Gasteiger partial charge on any atom is 0.0587 e. The van der Waals surface area contributed by atoms with Gasteiger partial charge in [-0.1, -0.05) is 0 Å². The van der Waals surface area contributed by atoms with Crippen molar-refractivity contribution in [2.45, 2.75) is 51.7 Å². The van der Waals surface area contributed by atoms with E-state index in [2.05, 4.69) is 31.3 Å². The van der Waals surface area contributed by atoms with Crippen molar-refractivity contribution in [3.05, 3.63) is 21.9 Å². The minimum absolute atomic E-state index is 0.470. The highest BCUT2D eigenvalue weighted by Crippen LogP contribution is 2.22. The fourth-order valence-electron chi connectivity index (χ4n) is 2.28. The van der Waals surface area contributed by atoms with Crippen LogP contribution in [0.5, 0.6) is 0 Å². The fourth-order valence-corrected chi connectivity index (χ4v) is 3.19. The maximum absolute atomic E-state index is 5.73. The monoisotopic (exact) mass is 253 g/mol. The minimum Gasteiger partial charge on any atom is -0.378 e. The number of thiophene rings is 1. The number of aryl methyl sites for hydroxylation is 1. The first kappa shape index (κ1) is 13.1. The fraction of sp³-hybridized carbons (Fsp3) is 0.714. The first-order valence-corrected chi connectivity index (χ1v) is 7.48. The molecule has 0 saturated carbocycles. The molecule has 1 fully saturated rings. The number of rotatable bonds is 5. The Kier molecular flexibility index (Phi) is 5.01. The van der Waals surface area contributed by atoms with E-state index in [0.717, 1.165) is 19.6 Å². The van der Waals surface area contributed by atoms with Crippen molar-refractivity contribution in [3.8, 4) is 0 Å². The zero-order valence-corrected chi connectivity index (χ0v) is 11.7. The Morgan fingerprint density at radius 1 is 1.47 bits per heavy atom. The van der Waals surface area contributed by atoms with Crippen molar-refractivity contribution in [3.63, 3.8) is 0 Å². The van der Waals surface area contributed by atoms with Crippen LogP contribution in [0.2, 0.25) is 0 Å². The summed E-state index contributed by atoms with van der Waals surface area (Å²) in [5.41, 5.74) is 0. The summed E-state index contributed by atoms with van der Waals surface area (Å²) in [6.07, 6.45) is 5.47. The summed E-state index contributed by atoms with van der Waals surface area (Å²) in [7, 11) is 0. The molecule has 0 amide bonds. The third-order valence-electron chi connectivity index (χ3n) is 3.38. The number of nitrogens with one attached hydrogen (secondary N) is 1. The van der Waals surface area contributed by atoms with E-state index in [1.807, 2.05) is 11.3 Å². The van der Waals surface area contributed by atoms with Gasteiger partial charge in [-0.3, -0.25) is 0 Å². The number of ether oxygens (including phenoxy) is 1. The first-order chi connectivity index (χ1) is 8.25. The predicted molar refractivity (Wildman–Crippen MR) is 73.7 cm³/mol. The van der Waals surface area contributed by atoms with Gasteiger partial charge in [0, 0.05) is 22.4 Å². The lowest BCUT2D eigenvalue weighted by Crippen LogP contribution is -2.26. The average Bonchev–Trinajstić information content (AvgIpc) is 2.77. The van der Waals surface area contributed by atoms with E-state index in [4.69, 9.17) is 4.74 Å². The molecule has 1 aliphatic heterocycles. The normalized spacial score (nSPS) is 22.6. The molecule has 1 aliphatic rings. The smallest absolute Gasteiger partial charge is 0.0587 e. The Bertz CT molecular complexity index is 331. The van der Waals surface area contributed by atoms with E-state index in [0.29, 0.717) is 12.1 Å². The summed E-state index contributed by atoms with van der Waals surface area (Å²) >= 11 is 1.89. The van der Waals surface area contributed by atoms with Crippen molar-refractivity contribution in [2.75, 3.05) is 13.2 Å². The zero-order chi connectivity index (χ0) is 12.1. The van der Waals surface area contributed by atoms with Crippen molar-refractivity contribution >= 4 is 11.3 Å². The van der Waals surface area contributed by atoms with Crippen molar-refractivity contribution in [1.29, 1.82) is 0 Å². The third-order valence-corrected chi connectivity index (χ3v) is 4.56. The van der Waals surface area contributed by atoms with E-state index < -0.39 is 0 Å². The molecule has 0 aliphatic carbocycles. The van der Waals surface area contributed by atoms with Gasteiger partial charge in [-0.05, 0) is 58.2 Å². The van der Waals surface area contributed by atoms with E-state index in [-0.39, 0.29) is 0 Å². The Morgan fingerprint density at radius 2 is 2.35 bits per heavy atom. The molecule has 1 saturated heterocycles. The van der Waals surface area contributed by atoms with Gasteiger partial charge in [-0.2, -0.15) is 0 Å². The van der Waals surface area contributed by atoms with Crippen LogP contribution < -0.4 is 5.32 Å². The molecular weight excluding hydrogens is 230 g/mol. The molecule has 1 N–H and O–H groups in total. The summed E-state index contributed by atoms with van der Waals surface area (Å²) in [4.78, 5) is 2.83. The SMILES string of the molecule is Cc1ccc(C(C)NCCC2CCCCO2)s1. The Hall–Kier alpha value is -0.380.